The van der Waals surface area contributed by atoms with Crippen LogP contribution in [0.1, 0.15) is 61.9 Å². The standard InChI is InChI=1S/C18H24O/c1-14-7-5-3-4-6-8-18(14)13-16-9-11-17(12-10-16)15(2)19/h7,9-12,18H,3-6,8,13H2,1-2H3/b14-7-. The smallest absolute Gasteiger partial charge is 0.159 e. The summed E-state index contributed by atoms with van der Waals surface area (Å²) in [7, 11) is 0. The Labute approximate surface area is 116 Å². The van der Waals surface area contributed by atoms with Gasteiger partial charge in [0.1, 0.15) is 0 Å². The van der Waals surface area contributed by atoms with Crippen LogP contribution < -0.4 is 0 Å². The lowest BCUT2D eigenvalue weighted by Crippen LogP contribution is -2.08. The number of benzene rings is 1. The predicted octanol–water partition coefficient (Wildman–Crippen LogP) is 4.96. The van der Waals surface area contributed by atoms with E-state index in [1.54, 1.807) is 12.5 Å². The second-order valence-corrected chi connectivity index (χ2v) is 5.74. The number of rotatable bonds is 3. The molecule has 19 heavy (non-hydrogen) atoms. The number of ketones is 1. The number of carbonyl (C=O) groups excluding carboxylic acids is 1. The highest BCUT2D eigenvalue weighted by Crippen LogP contribution is 2.26. The van der Waals surface area contributed by atoms with Gasteiger partial charge in [0, 0.05) is 5.56 Å². The topological polar surface area (TPSA) is 17.1 Å². The Hall–Kier alpha value is -1.37. The summed E-state index contributed by atoms with van der Waals surface area (Å²) in [6.07, 6.45) is 10.1. The van der Waals surface area contributed by atoms with Gasteiger partial charge in [0.05, 0.1) is 0 Å². The van der Waals surface area contributed by atoms with Gasteiger partial charge in [-0.3, -0.25) is 4.79 Å². The zero-order valence-corrected chi connectivity index (χ0v) is 12.1. The van der Waals surface area contributed by atoms with Crippen molar-refractivity contribution in [3.05, 3.63) is 47.0 Å². The van der Waals surface area contributed by atoms with Crippen LogP contribution in [0.5, 0.6) is 0 Å². The fourth-order valence-corrected chi connectivity index (χ4v) is 2.86. The Balaban J connectivity index is 2.06. The molecule has 1 atom stereocenters. The first-order valence-corrected chi connectivity index (χ1v) is 7.43. The van der Waals surface area contributed by atoms with Crippen LogP contribution in [0.4, 0.5) is 0 Å². The van der Waals surface area contributed by atoms with Crippen molar-refractivity contribution in [3.63, 3.8) is 0 Å². The number of hydrogen-bond acceptors (Lipinski definition) is 1. The Morgan fingerprint density at radius 2 is 1.89 bits per heavy atom. The van der Waals surface area contributed by atoms with Gasteiger partial charge >= 0.3 is 0 Å². The normalized spacial score (nSPS) is 23.1. The first-order chi connectivity index (χ1) is 9.16. The summed E-state index contributed by atoms with van der Waals surface area (Å²) in [5.41, 5.74) is 3.72. The van der Waals surface area contributed by atoms with Gasteiger partial charge in [0.2, 0.25) is 0 Å². The molecule has 102 valence electrons. The van der Waals surface area contributed by atoms with E-state index in [2.05, 4.69) is 25.1 Å². The van der Waals surface area contributed by atoms with Gasteiger partial charge in [0.25, 0.3) is 0 Å². The lowest BCUT2D eigenvalue weighted by molar-refractivity contribution is 0.101. The zero-order chi connectivity index (χ0) is 13.7. The van der Waals surface area contributed by atoms with Crippen molar-refractivity contribution in [3.8, 4) is 0 Å². The van der Waals surface area contributed by atoms with Gasteiger partial charge in [-0.2, -0.15) is 0 Å². The molecule has 1 aromatic rings. The fourth-order valence-electron chi connectivity index (χ4n) is 2.86. The van der Waals surface area contributed by atoms with E-state index in [9.17, 15) is 4.79 Å². The number of Topliss-reactive ketones (excluding diaryl/α,β-unsaturated/α-hetero) is 1. The minimum Gasteiger partial charge on any atom is -0.295 e. The molecule has 0 heterocycles. The highest BCUT2D eigenvalue weighted by Gasteiger charge is 2.13. The Morgan fingerprint density at radius 3 is 2.58 bits per heavy atom. The van der Waals surface area contributed by atoms with E-state index in [4.69, 9.17) is 0 Å². The van der Waals surface area contributed by atoms with Gasteiger partial charge in [0.15, 0.2) is 5.78 Å². The molecular formula is C18H24O. The predicted molar refractivity (Wildman–Crippen MR) is 80.5 cm³/mol. The van der Waals surface area contributed by atoms with Crippen LogP contribution in [-0.2, 0) is 6.42 Å². The summed E-state index contributed by atoms with van der Waals surface area (Å²) in [4.78, 5) is 11.3. The van der Waals surface area contributed by atoms with E-state index in [-0.39, 0.29) is 5.78 Å². The molecule has 0 radical (unpaired) electrons. The lowest BCUT2D eigenvalue weighted by atomic mass is 9.85. The third-order valence-corrected chi connectivity index (χ3v) is 4.21. The maximum atomic E-state index is 11.3. The molecule has 1 aliphatic rings. The molecule has 1 aliphatic carbocycles. The van der Waals surface area contributed by atoms with E-state index in [0.717, 1.165) is 12.0 Å². The molecule has 1 heteroatoms. The monoisotopic (exact) mass is 256 g/mol. The molecule has 2 rings (SSSR count). The third-order valence-electron chi connectivity index (χ3n) is 4.21. The van der Waals surface area contributed by atoms with Crippen molar-refractivity contribution in [1.29, 1.82) is 0 Å². The fraction of sp³-hybridized carbons (Fsp3) is 0.500. The minimum atomic E-state index is 0.147. The number of hydrogen-bond donors (Lipinski definition) is 0. The molecule has 0 bridgehead atoms. The van der Waals surface area contributed by atoms with Crippen LogP contribution in [0, 0.1) is 5.92 Å². The molecule has 0 N–H and O–H groups in total. The van der Waals surface area contributed by atoms with Crippen molar-refractivity contribution in [2.24, 2.45) is 5.92 Å². The van der Waals surface area contributed by atoms with Crippen molar-refractivity contribution in [2.75, 3.05) is 0 Å². The SMILES string of the molecule is CC(=O)c1ccc(CC2CCCCC/C=C\2C)cc1. The van der Waals surface area contributed by atoms with Gasteiger partial charge < -0.3 is 0 Å². The van der Waals surface area contributed by atoms with E-state index in [0.29, 0.717) is 5.92 Å². The quantitative estimate of drug-likeness (QED) is 0.552. The van der Waals surface area contributed by atoms with E-state index < -0.39 is 0 Å². The average molecular weight is 256 g/mol. The first-order valence-electron chi connectivity index (χ1n) is 7.43. The molecule has 0 spiro atoms. The summed E-state index contributed by atoms with van der Waals surface area (Å²) < 4.78 is 0. The number of allylic oxidation sites excluding steroid dienone is 2. The largest absolute Gasteiger partial charge is 0.295 e. The van der Waals surface area contributed by atoms with Crippen LogP contribution in [0.3, 0.4) is 0 Å². The van der Waals surface area contributed by atoms with Crippen LogP contribution in [-0.4, -0.2) is 5.78 Å². The molecule has 0 saturated carbocycles. The third kappa shape index (κ3) is 4.05. The Kier molecular flexibility index (Phi) is 4.95. The van der Waals surface area contributed by atoms with Crippen LogP contribution >= 0.6 is 0 Å². The van der Waals surface area contributed by atoms with Gasteiger partial charge in [-0.05, 0) is 51.0 Å². The second-order valence-electron chi connectivity index (χ2n) is 5.74. The van der Waals surface area contributed by atoms with E-state index in [1.807, 2.05) is 12.1 Å². The second kappa shape index (κ2) is 6.70. The van der Waals surface area contributed by atoms with Crippen LogP contribution in [0.25, 0.3) is 0 Å². The van der Waals surface area contributed by atoms with E-state index >= 15 is 0 Å². The highest BCUT2D eigenvalue weighted by atomic mass is 16.1. The summed E-state index contributed by atoms with van der Waals surface area (Å²) >= 11 is 0. The highest BCUT2D eigenvalue weighted by molar-refractivity contribution is 5.93. The van der Waals surface area contributed by atoms with Crippen molar-refractivity contribution in [1.82, 2.24) is 0 Å². The van der Waals surface area contributed by atoms with Gasteiger partial charge in [-0.25, -0.2) is 0 Å². The molecule has 1 unspecified atom stereocenters. The van der Waals surface area contributed by atoms with Crippen LogP contribution in [0.2, 0.25) is 0 Å². The molecule has 0 amide bonds. The zero-order valence-electron chi connectivity index (χ0n) is 12.1. The van der Waals surface area contributed by atoms with Gasteiger partial charge in [-0.1, -0.05) is 48.8 Å². The molecule has 1 aromatic carbocycles. The maximum Gasteiger partial charge on any atom is 0.159 e. The van der Waals surface area contributed by atoms with E-state index in [1.165, 1.54) is 37.7 Å². The molecule has 0 aromatic heterocycles. The van der Waals surface area contributed by atoms with Crippen molar-refractivity contribution >= 4 is 5.78 Å². The summed E-state index contributed by atoms with van der Waals surface area (Å²) in [6, 6.07) is 8.14. The summed E-state index contributed by atoms with van der Waals surface area (Å²) in [6.45, 7) is 3.90. The van der Waals surface area contributed by atoms with Crippen molar-refractivity contribution in [2.45, 2.75) is 52.4 Å². The van der Waals surface area contributed by atoms with Gasteiger partial charge in [-0.15, -0.1) is 0 Å². The maximum absolute atomic E-state index is 11.3. The molecule has 0 aliphatic heterocycles. The molecule has 0 saturated heterocycles. The Bertz CT molecular complexity index is 453. The number of carbonyl (C=O) groups is 1. The summed E-state index contributed by atoms with van der Waals surface area (Å²) in [5.74, 6) is 0.831. The van der Waals surface area contributed by atoms with Crippen molar-refractivity contribution < 1.29 is 4.79 Å². The average Bonchev–Trinajstić information content (AvgIpc) is 2.39. The summed E-state index contributed by atoms with van der Waals surface area (Å²) in [5, 5.41) is 0. The molecule has 1 nitrogen and oxygen atoms in total. The first kappa shape index (κ1) is 14.0. The minimum absolute atomic E-state index is 0.147. The molecule has 0 fully saturated rings. The van der Waals surface area contributed by atoms with Crippen LogP contribution in [0.15, 0.2) is 35.9 Å². The lowest BCUT2D eigenvalue weighted by Gasteiger charge is -2.20. The molecular weight excluding hydrogens is 232 g/mol. The Morgan fingerprint density at radius 1 is 1.16 bits per heavy atom.